The van der Waals surface area contributed by atoms with Crippen molar-refractivity contribution in [1.29, 1.82) is 0 Å². The Hall–Kier alpha value is -3.61. The van der Waals surface area contributed by atoms with Crippen LogP contribution in [0, 0.1) is 6.92 Å². The molecule has 0 saturated carbocycles. The summed E-state index contributed by atoms with van der Waals surface area (Å²) >= 11 is 0. The molecular formula is C21H22N4O3. The van der Waals surface area contributed by atoms with Crippen molar-refractivity contribution >= 4 is 11.7 Å². The third-order valence-corrected chi connectivity index (χ3v) is 3.94. The number of aryl methyl sites for hydroxylation is 1. The first kappa shape index (κ1) is 19.2. The Labute approximate surface area is 163 Å². The molecule has 28 heavy (non-hydrogen) atoms. The molecular weight excluding hydrogens is 356 g/mol. The number of nitrogens with zero attached hydrogens (tertiary/aromatic N) is 2. The molecule has 2 N–H and O–H groups in total. The van der Waals surface area contributed by atoms with Gasteiger partial charge in [-0.25, -0.2) is 4.79 Å². The Bertz CT molecular complexity index is 912. The Morgan fingerprint density at radius 3 is 2.54 bits per heavy atom. The molecule has 0 aliphatic heterocycles. The molecule has 0 radical (unpaired) electrons. The number of urea groups is 1. The molecule has 7 nitrogen and oxygen atoms in total. The van der Waals surface area contributed by atoms with Gasteiger partial charge in [-0.15, -0.1) is 10.2 Å². The van der Waals surface area contributed by atoms with Crippen molar-refractivity contribution in [3.63, 3.8) is 0 Å². The molecule has 2 aromatic carbocycles. The number of anilines is 1. The van der Waals surface area contributed by atoms with Crippen LogP contribution >= 0.6 is 0 Å². The second kappa shape index (κ2) is 9.36. The van der Waals surface area contributed by atoms with Crippen molar-refractivity contribution in [3.8, 4) is 22.9 Å². The molecule has 144 valence electrons. The predicted molar refractivity (Wildman–Crippen MR) is 108 cm³/mol. The minimum absolute atomic E-state index is 0.282. The van der Waals surface area contributed by atoms with E-state index < -0.39 is 0 Å². The molecule has 1 aromatic heterocycles. The van der Waals surface area contributed by atoms with Crippen molar-refractivity contribution in [1.82, 2.24) is 15.5 Å². The second-order valence-electron chi connectivity index (χ2n) is 6.08. The molecule has 0 saturated heterocycles. The number of ether oxygens (including phenoxy) is 2. The van der Waals surface area contributed by atoms with Crippen LogP contribution in [0.1, 0.15) is 5.56 Å². The van der Waals surface area contributed by atoms with E-state index in [4.69, 9.17) is 9.47 Å². The second-order valence-corrected chi connectivity index (χ2v) is 6.08. The molecule has 7 heteroatoms. The number of carbonyl (C=O) groups excluding carboxylic acids is 1. The van der Waals surface area contributed by atoms with E-state index in [2.05, 4.69) is 20.8 Å². The van der Waals surface area contributed by atoms with Gasteiger partial charge >= 0.3 is 6.03 Å². The van der Waals surface area contributed by atoms with Gasteiger partial charge in [-0.3, -0.25) is 0 Å². The van der Waals surface area contributed by atoms with Crippen molar-refractivity contribution in [2.24, 2.45) is 0 Å². The number of amides is 2. The maximum atomic E-state index is 11.9. The van der Waals surface area contributed by atoms with Crippen LogP contribution in [0.5, 0.6) is 11.6 Å². The summed E-state index contributed by atoms with van der Waals surface area (Å²) in [7, 11) is 1.63. The molecule has 0 spiro atoms. The van der Waals surface area contributed by atoms with E-state index in [1.807, 2.05) is 61.5 Å². The van der Waals surface area contributed by atoms with Crippen molar-refractivity contribution in [3.05, 3.63) is 66.2 Å². The zero-order valence-corrected chi connectivity index (χ0v) is 15.8. The van der Waals surface area contributed by atoms with E-state index in [0.717, 1.165) is 28.3 Å². The lowest BCUT2D eigenvalue weighted by atomic mass is 10.1. The summed E-state index contributed by atoms with van der Waals surface area (Å²) in [5.74, 6) is 1.19. The van der Waals surface area contributed by atoms with Crippen molar-refractivity contribution in [2.45, 2.75) is 6.92 Å². The third kappa shape index (κ3) is 5.44. The Morgan fingerprint density at radius 1 is 1.04 bits per heavy atom. The van der Waals surface area contributed by atoms with Crippen LogP contribution < -0.4 is 20.1 Å². The average Bonchev–Trinajstić information content (AvgIpc) is 2.72. The van der Waals surface area contributed by atoms with Gasteiger partial charge in [0.05, 0.1) is 19.3 Å². The van der Waals surface area contributed by atoms with Crippen LogP contribution in [0.4, 0.5) is 10.5 Å². The zero-order chi connectivity index (χ0) is 19.8. The Kier molecular flexibility index (Phi) is 6.41. The maximum Gasteiger partial charge on any atom is 0.319 e. The fourth-order valence-corrected chi connectivity index (χ4v) is 2.53. The Morgan fingerprint density at radius 2 is 1.86 bits per heavy atom. The van der Waals surface area contributed by atoms with Crippen LogP contribution in [0.2, 0.25) is 0 Å². The molecule has 0 aliphatic carbocycles. The van der Waals surface area contributed by atoms with Gasteiger partial charge < -0.3 is 20.1 Å². The lowest BCUT2D eigenvalue weighted by Crippen LogP contribution is -2.32. The highest BCUT2D eigenvalue weighted by Crippen LogP contribution is 2.21. The highest BCUT2D eigenvalue weighted by molar-refractivity contribution is 5.89. The number of carbonyl (C=O) groups is 1. The fraction of sp³-hybridized carbons (Fsp3) is 0.190. The van der Waals surface area contributed by atoms with E-state index in [1.54, 1.807) is 13.2 Å². The number of methoxy groups -OCH3 is 1. The third-order valence-electron chi connectivity index (χ3n) is 3.94. The van der Waals surface area contributed by atoms with Crippen molar-refractivity contribution in [2.75, 3.05) is 25.6 Å². The van der Waals surface area contributed by atoms with Crippen LogP contribution in [-0.2, 0) is 0 Å². The van der Waals surface area contributed by atoms with Crippen molar-refractivity contribution < 1.29 is 14.3 Å². The van der Waals surface area contributed by atoms with Gasteiger partial charge in [-0.2, -0.15) is 0 Å². The number of rotatable bonds is 7. The van der Waals surface area contributed by atoms with E-state index in [1.165, 1.54) is 0 Å². The number of aromatic nitrogens is 2. The van der Waals surface area contributed by atoms with Gasteiger partial charge in [-0.1, -0.05) is 12.1 Å². The molecule has 0 unspecified atom stereocenters. The normalized spacial score (nSPS) is 10.2. The topological polar surface area (TPSA) is 85.4 Å². The number of nitrogens with one attached hydrogen (secondary N) is 2. The van der Waals surface area contributed by atoms with Crippen LogP contribution in [0.15, 0.2) is 60.7 Å². The highest BCUT2D eigenvalue weighted by atomic mass is 16.5. The van der Waals surface area contributed by atoms with Gasteiger partial charge in [-0.05, 0) is 55.0 Å². The maximum absolute atomic E-state index is 11.9. The number of benzene rings is 2. The van der Waals surface area contributed by atoms with E-state index in [-0.39, 0.29) is 12.6 Å². The van der Waals surface area contributed by atoms with Crippen LogP contribution in [0.3, 0.4) is 0 Å². The van der Waals surface area contributed by atoms with Crippen LogP contribution in [-0.4, -0.2) is 36.5 Å². The first-order valence-electron chi connectivity index (χ1n) is 8.86. The average molecular weight is 378 g/mol. The summed E-state index contributed by atoms with van der Waals surface area (Å²) in [5.41, 5.74) is 3.51. The first-order valence-corrected chi connectivity index (χ1v) is 8.86. The predicted octanol–water partition coefficient (Wildman–Crippen LogP) is 3.66. The highest BCUT2D eigenvalue weighted by Gasteiger charge is 2.04. The summed E-state index contributed by atoms with van der Waals surface area (Å²) in [6.45, 7) is 2.61. The minimum atomic E-state index is -0.282. The standard InChI is InChI=1S/C21H22N4O3/c1-15-4-3-5-17(14-15)23-21(26)22-12-13-28-20-11-10-19(24-25-20)16-6-8-18(27-2)9-7-16/h3-11,14H,12-13H2,1-2H3,(H2,22,23,26). The molecule has 3 aromatic rings. The molecule has 0 fully saturated rings. The lowest BCUT2D eigenvalue weighted by Gasteiger charge is -2.09. The van der Waals surface area contributed by atoms with Gasteiger partial charge in [0.1, 0.15) is 12.4 Å². The molecule has 0 aliphatic rings. The lowest BCUT2D eigenvalue weighted by molar-refractivity contribution is 0.246. The fourth-order valence-electron chi connectivity index (χ4n) is 2.53. The van der Waals surface area contributed by atoms with Gasteiger partial charge in [0.25, 0.3) is 0 Å². The van der Waals surface area contributed by atoms with Crippen LogP contribution in [0.25, 0.3) is 11.3 Å². The Balaban J connectivity index is 1.42. The smallest absolute Gasteiger partial charge is 0.319 e. The van der Waals surface area contributed by atoms with Gasteiger partial charge in [0, 0.05) is 17.3 Å². The summed E-state index contributed by atoms with van der Waals surface area (Å²) in [5, 5.41) is 13.7. The largest absolute Gasteiger partial charge is 0.497 e. The summed E-state index contributed by atoms with van der Waals surface area (Å²) < 4.78 is 10.7. The number of hydrogen-bond acceptors (Lipinski definition) is 5. The molecule has 2 amide bonds. The summed E-state index contributed by atoms with van der Waals surface area (Å²) in [6.07, 6.45) is 0. The van der Waals surface area contributed by atoms with Gasteiger partial charge in [0.15, 0.2) is 0 Å². The molecule has 0 atom stereocenters. The minimum Gasteiger partial charge on any atom is -0.497 e. The summed E-state index contributed by atoms with van der Waals surface area (Å²) in [6, 6.07) is 18.5. The zero-order valence-electron chi connectivity index (χ0n) is 15.8. The summed E-state index contributed by atoms with van der Waals surface area (Å²) in [4.78, 5) is 11.9. The molecule has 3 rings (SSSR count). The van der Waals surface area contributed by atoms with Gasteiger partial charge in [0.2, 0.25) is 5.88 Å². The SMILES string of the molecule is COc1ccc(-c2ccc(OCCNC(=O)Nc3cccc(C)c3)nn2)cc1. The van der Waals surface area contributed by atoms with E-state index in [9.17, 15) is 4.79 Å². The molecule has 1 heterocycles. The van der Waals surface area contributed by atoms with E-state index in [0.29, 0.717) is 12.4 Å². The number of hydrogen-bond donors (Lipinski definition) is 2. The monoisotopic (exact) mass is 378 g/mol. The van der Waals surface area contributed by atoms with E-state index >= 15 is 0 Å². The first-order chi connectivity index (χ1) is 13.6. The quantitative estimate of drug-likeness (QED) is 0.613. The molecule has 0 bridgehead atoms.